The van der Waals surface area contributed by atoms with E-state index >= 15 is 0 Å². The van der Waals surface area contributed by atoms with Gasteiger partial charge >= 0.3 is 0 Å². The number of aromatic nitrogens is 1. The quantitative estimate of drug-likeness (QED) is 0.304. The molecule has 0 saturated carbocycles. The lowest BCUT2D eigenvalue weighted by atomic mass is 9.98. The van der Waals surface area contributed by atoms with Crippen LogP contribution in [0.3, 0.4) is 0 Å². The number of hydrogen-bond donors (Lipinski definition) is 1. The molecule has 0 saturated heterocycles. The van der Waals surface area contributed by atoms with Gasteiger partial charge in [0, 0.05) is 25.3 Å². The van der Waals surface area contributed by atoms with Crippen LogP contribution in [-0.4, -0.2) is 52.8 Å². The highest BCUT2D eigenvalue weighted by molar-refractivity contribution is 7.93. The van der Waals surface area contributed by atoms with Crippen LogP contribution >= 0.6 is 0 Å². The van der Waals surface area contributed by atoms with Gasteiger partial charge in [-0.15, -0.1) is 0 Å². The Morgan fingerprint density at radius 3 is 2.44 bits per heavy atom. The van der Waals surface area contributed by atoms with E-state index in [4.69, 9.17) is 18.7 Å². The molecular weight excluding hydrogens is 460 g/mol. The molecule has 0 spiro atoms. The summed E-state index contributed by atoms with van der Waals surface area (Å²) in [7, 11) is -1.03. The molecule has 0 aliphatic heterocycles. The van der Waals surface area contributed by atoms with Gasteiger partial charge in [0.1, 0.15) is 6.73 Å². The van der Waals surface area contributed by atoms with Crippen molar-refractivity contribution < 1.29 is 32.3 Å². The van der Waals surface area contributed by atoms with Crippen LogP contribution in [0.15, 0.2) is 51.9 Å². The first kappa shape index (κ1) is 25.9. The van der Waals surface area contributed by atoms with E-state index in [0.717, 1.165) is 9.87 Å². The minimum Gasteiger partial charge on any atom is -0.392 e. The fourth-order valence-corrected chi connectivity index (χ4v) is 5.02. The zero-order valence-electron chi connectivity index (χ0n) is 19.8. The Labute approximate surface area is 199 Å². The summed E-state index contributed by atoms with van der Waals surface area (Å²) >= 11 is 0. The molecular formula is C24H30N2O7S. The maximum Gasteiger partial charge on any atom is 0.269 e. The molecule has 0 aliphatic rings. The van der Waals surface area contributed by atoms with Crippen LogP contribution in [0.2, 0.25) is 0 Å². The second-order valence-corrected chi connectivity index (χ2v) is 9.49. The van der Waals surface area contributed by atoms with Gasteiger partial charge in [-0.05, 0) is 36.6 Å². The van der Waals surface area contributed by atoms with Gasteiger partial charge < -0.3 is 23.8 Å². The molecule has 0 unspecified atom stereocenters. The highest BCUT2D eigenvalue weighted by Gasteiger charge is 2.32. The van der Waals surface area contributed by atoms with Gasteiger partial charge in [0.15, 0.2) is 0 Å². The Kier molecular flexibility index (Phi) is 8.81. The number of ether oxygens (including phenoxy) is 3. The molecule has 1 N–H and O–H groups in total. The van der Waals surface area contributed by atoms with E-state index in [0.29, 0.717) is 34.6 Å². The zero-order chi connectivity index (χ0) is 24.7. The number of methoxy groups -OCH3 is 2. The summed E-state index contributed by atoms with van der Waals surface area (Å²) in [5.74, 6) is 0.0949. The van der Waals surface area contributed by atoms with Gasteiger partial charge in [-0.2, -0.15) is 0 Å². The van der Waals surface area contributed by atoms with Crippen molar-refractivity contribution in [1.82, 2.24) is 5.16 Å². The van der Waals surface area contributed by atoms with Gasteiger partial charge in [0.2, 0.25) is 5.88 Å². The zero-order valence-corrected chi connectivity index (χ0v) is 20.6. The van der Waals surface area contributed by atoms with Crippen molar-refractivity contribution in [2.45, 2.75) is 32.0 Å². The number of hydrogen-bond acceptors (Lipinski definition) is 8. The van der Waals surface area contributed by atoms with E-state index in [1.807, 2.05) is 0 Å². The van der Waals surface area contributed by atoms with E-state index in [2.05, 4.69) is 5.16 Å². The number of sulfonamides is 1. The number of aliphatic hydroxyl groups is 1. The number of aryl methyl sites for hydroxylation is 1. The van der Waals surface area contributed by atoms with Gasteiger partial charge in [0.25, 0.3) is 10.0 Å². The average molecular weight is 491 g/mol. The van der Waals surface area contributed by atoms with Crippen LogP contribution in [0.1, 0.15) is 22.4 Å². The maximum absolute atomic E-state index is 14.0. The Hall–Kier alpha value is -2.76. The summed E-state index contributed by atoms with van der Waals surface area (Å²) in [5.41, 5.74) is 3.83. The number of benzene rings is 2. The average Bonchev–Trinajstić information content (AvgIpc) is 3.17. The van der Waals surface area contributed by atoms with E-state index in [1.54, 1.807) is 63.4 Å². The van der Waals surface area contributed by atoms with Crippen LogP contribution in [0.25, 0.3) is 11.1 Å². The van der Waals surface area contributed by atoms with Gasteiger partial charge in [-0.3, -0.25) is 0 Å². The second kappa shape index (κ2) is 11.6. The van der Waals surface area contributed by atoms with E-state index in [-0.39, 0.29) is 37.3 Å². The van der Waals surface area contributed by atoms with Crippen molar-refractivity contribution >= 4 is 15.9 Å². The molecule has 0 fully saturated rings. The lowest BCUT2D eigenvalue weighted by Crippen LogP contribution is -2.34. The number of anilines is 1. The summed E-state index contributed by atoms with van der Waals surface area (Å²) in [4.78, 5) is 0.0768. The van der Waals surface area contributed by atoms with Crippen molar-refractivity contribution in [3.05, 3.63) is 64.8 Å². The smallest absolute Gasteiger partial charge is 0.269 e. The summed E-state index contributed by atoms with van der Waals surface area (Å²) < 4.78 is 50.4. The highest BCUT2D eigenvalue weighted by Crippen LogP contribution is 2.35. The molecule has 0 aliphatic carbocycles. The van der Waals surface area contributed by atoms with Crippen LogP contribution in [0, 0.1) is 13.8 Å². The minimum atomic E-state index is -4.13. The first-order valence-corrected chi connectivity index (χ1v) is 12.1. The lowest BCUT2D eigenvalue weighted by Gasteiger charge is -2.24. The fourth-order valence-electron chi connectivity index (χ4n) is 3.48. The fraction of sp³-hybridized carbons (Fsp3) is 0.375. The largest absolute Gasteiger partial charge is 0.392 e. The summed E-state index contributed by atoms with van der Waals surface area (Å²) in [6.45, 7) is 3.86. The van der Waals surface area contributed by atoms with Gasteiger partial charge in [-0.1, -0.05) is 41.6 Å². The molecule has 2 aromatic carbocycles. The number of rotatable bonds is 12. The standard InChI is InChI=1S/C24H30N2O7S/c1-17-18(2)25-33-24(17)26(16-32-12-11-30-3)34(28,29)23-8-6-5-7-22(23)21-10-9-19(14-27)13-20(21)15-31-4/h5-10,13,27H,11-12,14-16H2,1-4H3. The van der Waals surface area contributed by atoms with Gasteiger partial charge in [0.05, 0.1) is 37.0 Å². The SMILES string of the molecule is COCCOCN(c1onc(C)c1C)S(=O)(=O)c1ccccc1-c1ccc(CO)cc1COC. The van der Waals surface area contributed by atoms with Crippen molar-refractivity contribution in [2.75, 3.05) is 38.5 Å². The van der Waals surface area contributed by atoms with Gasteiger partial charge in [-0.25, -0.2) is 12.7 Å². The normalized spacial score (nSPS) is 11.7. The third kappa shape index (κ3) is 5.48. The van der Waals surface area contributed by atoms with Crippen LogP contribution in [0.4, 0.5) is 5.88 Å². The number of aliphatic hydroxyl groups excluding tert-OH is 1. The van der Waals surface area contributed by atoms with Crippen molar-refractivity contribution in [2.24, 2.45) is 0 Å². The first-order chi connectivity index (χ1) is 16.3. The Balaban J connectivity index is 2.13. The van der Waals surface area contributed by atoms with Crippen molar-refractivity contribution in [3.63, 3.8) is 0 Å². The first-order valence-electron chi connectivity index (χ1n) is 10.7. The third-order valence-corrected chi connectivity index (χ3v) is 7.16. The van der Waals surface area contributed by atoms with Crippen molar-refractivity contribution in [3.8, 4) is 11.1 Å². The van der Waals surface area contributed by atoms with Crippen molar-refractivity contribution in [1.29, 1.82) is 0 Å². The molecule has 3 aromatic rings. The molecule has 3 rings (SSSR count). The Morgan fingerprint density at radius 2 is 1.79 bits per heavy atom. The minimum absolute atomic E-state index is 0.0768. The number of nitrogens with zero attached hydrogens (tertiary/aromatic N) is 2. The molecule has 10 heteroatoms. The maximum atomic E-state index is 14.0. The summed E-state index contributed by atoms with van der Waals surface area (Å²) in [5, 5.41) is 13.5. The lowest BCUT2D eigenvalue weighted by molar-refractivity contribution is 0.0744. The predicted molar refractivity (Wildman–Crippen MR) is 127 cm³/mol. The Morgan fingerprint density at radius 1 is 1.03 bits per heavy atom. The molecule has 0 atom stereocenters. The molecule has 184 valence electrons. The molecule has 0 radical (unpaired) electrons. The van der Waals surface area contributed by atoms with Crippen LogP contribution < -0.4 is 4.31 Å². The molecule has 0 bridgehead atoms. The van der Waals surface area contributed by atoms with E-state index in [1.165, 1.54) is 7.11 Å². The van der Waals surface area contributed by atoms with E-state index < -0.39 is 10.0 Å². The molecule has 1 aromatic heterocycles. The molecule has 0 amide bonds. The molecule has 34 heavy (non-hydrogen) atoms. The summed E-state index contributed by atoms with van der Waals surface area (Å²) in [6.07, 6.45) is 0. The molecule has 1 heterocycles. The van der Waals surface area contributed by atoms with E-state index in [9.17, 15) is 13.5 Å². The summed E-state index contributed by atoms with van der Waals surface area (Å²) in [6, 6.07) is 12.1. The second-order valence-electron chi connectivity index (χ2n) is 7.66. The topological polar surface area (TPSA) is 111 Å². The predicted octanol–water partition coefficient (Wildman–Crippen LogP) is 3.41. The highest BCUT2D eigenvalue weighted by atomic mass is 32.2. The third-order valence-electron chi connectivity index (χ3n) is 5.40. The van der Waals surface area contributed by atoms with Crippen LogP contribution in [-0.2, 0) is 37.4 Å². The molecule has 9 nitrogen and oxygen atoms in total. The monoisotopic (exact) mass is 490 g/mol. The Bertz CT molecular complexity index is 1210. The van der Waals surface area contributed by atoms with Crippen LogP contribution in [0.5, 0.6) is 0 Å².